The van der Waals surface area contributed by atoms with Gasteiger partial charge in [0.25, 0.3) is 0 Å². The van der Waals surface area contributed by atoms with Crippen LogP contribution in [0, 0.1) is 0 Å². The minimum Gasteiger partial charge on any atom is -0.387 e. The minimum atomic E-state index is -0.363. The Kier molecular flexibility index (Phi) is 3.92. The average Bonchev–Trinajstić information content (AvgIpc) is 2.26. The van der Waals surface area contributed by atoms with Crippen molar-refractivity contribution in [2.24, 2.45) is 0 Å². The maximum Gasteiger partial charge on any atom is 0.0937 e. The fourth-order valence-corrected chi connectivity index (χ4v) is 2.96. The highest BCUT2D eigenvalue weighted by molar-refractivity contribution is 7.97. The Morgan fingerprint density at radius 1 is 1.47 bits per heavy atom. The summed E-state index contributed by atoms with van der Waals surface area (Å²) < 4.78 is 2.18. The molecule has 0 bridgehead atoms. The van der Waals surface area contributed by atoms with E-state index in [9.17, 15) is 5.11 Å². The molecule has 1 aromatic rings. The summed E-state index contributed by atoms with van der Waals surface area (Å²) in [6, 6.07) is 8.02. The molecular weight excluding hydrogens is 230 g/mol. The van der Waals surface area contributed by atoms with Gasteiger partial charge in [-0.1, -0.05) is 18.2 Å². The molecular formula is C11H14ClNOS. The standard InChI is InChI=1S/C11H14ClNOS/c12-6-3-7-13-8-10(14)9-4-1-2-5-11(9)15-13/h1-2,4-5,10,14H,3,6-8H2. The molecule has 82 valence electrons. The van der Waals surface area contributed by atoms with Crippen LogP contribution in [0.25, 0.3) is 0 Å². The number of halogens is 1. The van der Waals surface area contributed by atoms with Crippen LogP contribution in [0.4, 0.5) is 0 Å². The third-order valence-corrected chi connectivity index (χ3v) is 3.85. The molecule has 0 aromatic heterocycles. The molecule has 1 unspecified atom stereocenters. The van der Waals surface area contributed by atoms with Crippen molar-refractivity contribution in [2.75, 3.05) is 19.0 Å². The summed E-state index contributed by atoms with van der Waals surface area (Å²) >= 11 is 7.37. The molecule has 0 fully saturated rings. The number of rotatable bonds is 3. The highest BCUT2D eigenvalue weighted by atomic mass is 35.5. The molecule has 1 aliphatic heterocycles. The van der Waals surface area contributed by atoms with E-state index in [2.05, 4.69) is 10.4 Å². The van der Waals surface area contributed by atoms with Gasteiger partial charge < -0.3 is 5.11 Å². The van der Waals surface area contributed by atoms with E-state index >= 15 is 0 Å². The zero-order valence-electron chi connectivity index (χ0n) is 8.40. The molecule has 1 heterocycles. The second kappa shape index (κ2) is 5.21. The van der Waals surface area contributed by atoms with Crippen molar-refractivity contribution in [3.05, 3.63) is 29.8 Å². The van der Waals surface area contributed by atoms with Gasteiger partial charge in [-0.3, -0.25) is 0 Å². The van der Waals surface area contributed by atoms with Crippen molar-refractivity contribution in [1.82, 2.24) is 4.31 Å². The number of alkyl halides is 1. The van der Waals surface area contributed by atoms with Crippen LogP contribution in [0.15, 0.2) is 29.2 Å². The zero-order valence-corrected chi connectivity index (χ0v) is 9.97. The van der Waals surface area contributed by atoms with Crippen LogP contribution >= 0.6 is 23.5 Å². The van der Waals surface area contributed by atoms with E-state index in [0.29, 0.717) is 12.4 Å². The Morgan fingerprint density at radius 3 is 3.07 bits per heavy atom. The number of aliphatic hydroxyl groups excluding tert-OH is 1. The van der Waals surface area contributed by atoms with Gasteiger partial charge >= 0.3 is 0 Å². The molecule has 15 heavy (non-hydrogen) atoms. The third kappa shape index (κ3) is 2.67. The second-order valence-electron chi connectivity index (χ2n) is 3.58. The molecule has 1 aromatic carbocycles. The van der Waals surface area contributed by atoms with Crippen molar-refractivity contribution in [2.45, 2.75) is 17.4 Å². The summed E-state index contributed by atoms with van der Waals surface area (Å²) in [5, 5.41) is 9.94. The fraction of sp³-hybridized carbons (Fsp3) is 0.455. The van der Waals surface area contributed by atoms with Gasteiger partial charge in [0, 0.05) is 23.9 Å². The van der Waals surface area contributed by atoms with Crippen molar-refractivity contribution in [1.29, 1.82) is 0 Å². The minimum absolute atomic E-state index is 0.363. The van der Waals surface area contributed by atoms with Crippen LogP contribution in [-0.4, -0.2) is 28.4 Å². The molecule has 0 saturated heterocycles. The lowest BCUT2D eigenvalue weighted by atomic mass is 10.1. The van der Waals surface area contributed by atoms with Crippen LogP contribution in [0.5, 0.6) is 0 Å². The Labute approximate surface area is 99.4 Å². The molecule has 0 radical (unpaired) electrons. The number of benzene rings is 1. The summed E-state index contributed by atoms with van der Waals surface area (Å²) in [7, 11) is 0. The number of β-amino-alcohol motifs (C(OH)–C–C–N with tert-alkyl or cyclic N) is 1. The number of aliphatic hydroxyl groups is 1. The van der Waals surface area contributed by atoms with E-state index in [1.165, 1.54) is 0 Å². The first-order valence-electron chi connectivity index (χ1n) is 5.07. The smallest absolute Gasteiger partial charge is 0.0937 e. The summed E-state index contributed by atoms with van der Waals surface area (Å²) in [6.45, 7) is 1.62. The Bertz CT molecular complexity index is 334. The Balaban J connectivity index is 2.08. The van der Waals surface area contributed by atoms with E-state index in [1.807, 2.05) is 18.2 Å². The molecule has 2 nitrogen and oxygen atoms in total. The van der Waals surface area contributed by atoms with Gasteiger partial charge in [0.15, 0.2) is 0 Å². The summed E-state index contributed by atoms with van der Waals surface area (Å²) in [6.07, 6.45) is 0.599. The van der Waals surface area contributed by atoms with Gasteiger partial charge in [-0.05, 0) is 30.0 Å². The molecule has 1 N–H and O–H groups in total. The molecule has 0 spiro atoms. The van der Waals surface area contributed by atoms with Crippen LogP contribution in [-0.2, 0) is 0 Å². The van der Waals surface area contributed by atoms with E-state index in [4.69, 9.17) is 11.6 Å². The average molecular weight is 244 g/mol. The topological polar surface area (TPSA) is 23.5 Å². The quantitative estimate of drug-likeness (QED) is 0.652. The first-order valence-corrected chi connectivity index (χ1v) is 6.38. The monoisotopic (exact) mass is 243 g/mol. The van der Waals surface area contributed by atoms with Crippen LogP contribution in [0.2, 0.25) is 0 Å². The largest absolute Gasteiger partial charge is 0.387 e. The lowest BCUT2D eigenvalue weighted by Gasteiger charge is -2.30. The Hall–Kier alpha value is -0.220. The van der Waals surface area contributed by atoms with Crippen molar-refractivity contribution < 1.29 is 5.11 Å². The normalized spacial score (nSPS) is 21.3. The van der Waals surface area contributed by atoms with Gasteiger partial charge in [-0.25, -0.2) is 4.31 Å². The first-order chi connectivity index (χ1) is 7.31. The lowest BCUT2D eigenvalue weighted by Crippen LogP contribution is -2.27. The van der Waals surface area contributed by atoms with E-state index in [-0.39, 0.29) is 6.10 Å². The second-order valence-corrected chi connectivity index (χ2v) is 5.09. The van der Waals surface area contributed by atoms with E-state index in [1.54, 1.807) is 11.9 Å². The van der Waals surface area contributed by atoms with E-state index < -0.39 is 0 Å². The first kappa shape index (κ1) is 11.3. The number of nitrogens with zero attached hydrogens (tertiary/aromatic N) is 1. The van der Waals surface area contributed by atoms with Gasteiger partial charge in [-0.15, -0.1) is 11.6 Å². The summed E-state index contributed by atoms with van der Waals surface area (Å²) in [4.78, 5) is 1.16. The molecule has 2 rings (SSSR count). The molecule has 0 saturated carbocycles. The predicted octanol–water partition coefficient (Wildman–Crippen LogP) is 2.67. The summed E-state index contributed by atoms with van der Waals surface area (Å²) in [5.41, 5.74) is 1.05. The third-order valence-electron chi connectivity index (χ3n) is 2.42. The molecule has 4 heteroatoms. The van der Waals surface area contributed by atoms with Gasteiger partial charge in [0.1, 0.15) is 0 Å². The maximum absolute atomic E-state index is 9.94. The highest BCUT2D eigenvalue weighted by Crippen LogP contribution is 2.36. The summed E-state index contributed by atoms with van der Waals surface area (Å²) in [5.74, 6) is 0.675. The van der Waals surface area contributed by atoms with E-state index in [0.717, 1.165) is 23.4 Å². The van der Waals surface area contributed by atoms with Crippen molar-refractivity contribution in [3.63, 3.8) is 0 Å². The van der Waals surface area contributed by atoms with Crippen molar-refractivity contribution in [3.8, 4) is 0 Å². The van der Waals surface area contributed by atoms with Gasteiger partial charge in [-0.2, -0.15) is 0 Å². The lowest BCUT2D eigenvalue weighted by molar-refractivity contribution is 0.144. The Morgan fingerprint density at radius 2 is 2.27 bits per heavy atom. The number of hydrogen-bond donors (Lipinski definition) is 1. The molecule has 0 aliphatic carbocycles. The van der Waals surface area contributed by atoms with Crippen LogP contribution in [0.1, 0.15) is 18.1 Å². The fourth-order valence-electron chi connectivity index (χ4n) is 1.68. The zero-order chi connectivity index (χ0) is 10.7. The predicted molar refractivity (Wildman–Crippen MR) is 64.2 cm³/mol. The molecule has 1 atom stereocenters. The number of hydrogen-bond acceptors (Lipinski definition) is 3. The SMILES string of the molecule is OC1CN(CCCCl)Sc2ccccc21. The maximum atomic E-state index is 9.94. The molecule has 0 amide bonds. The van der Waals surface area contributed by atoms with Gasteiger partial charge in [0.05, 0.1) is 6.10 Å². The number of fused-ring (bicyclic) bond motifs is 1. The van der Waals surface area contributed by atoms with Gasteiger partial charge in [0.2, 0.25) is 0 Å². The van der Waals surface area contributed by atoms with Crippen molar-refractivity contribution >= 4 is 23.5 Å². The molecule has 1 aliphatic rings. The van der Waals surface area contributed by atoms with Crippen LogP contribution in [0.3, 0.4) is 0 Å². The van der Waals surface area contributed by atoms with Crippen LogP contribution < -0.4 is 0 Å². The highest BCUT2D eigenvalue weighted by Gasteiger charge is 2.23.